The summed E-state index contributed by atoms with van der Waals surface area (Å²) in [5.41, 5.74) is 5.91. The molecule has 0 spiro atoms. The smallest absolute Gasteiger partial charge is 0.0170 e. The van der Waals surface area contributed by atoms with Crippen molar-refractivity contribution in [3.8, 4) is 0 Å². The molecule has 1 aliphatic rings. The lowest BCUT2D eigenvalue weighted by Crippen LogP contribution is -2.48. The average Bonchev–Trinajstić information content (AvgIpc) is 1.85. The van der Waals surface area contributed by atoms with Crippen LogP contribution in [-0.2, 0) is 0 Å². The van der Waals surface area contributed by atoms with Gasteiger partial charge in [-0.3, -0.25) is 4.90 Å². The van der Waals surface area contributed by atoms with E-state index in [9.17, 15) is 0 Å². The van der Waals surface area contributed by atoms with Crippen molar-refractivity contribution >= 4 is 0 Å². The third-order valence-electron chi connectivity index (χ3n) is 2.45. The zero-order chi connectivity index (χ0) is 8.43. The van der Waals surface area contributed by atoms with Gasteiger partial charge in [-0.05, 0) is 26.2 Å². The van der Waals surface area contributed by atoms with Crippen LogP contribution in [0.25, 0.3) is 0 Å². The van der Waals surface area contributed by atoms with E-state index in [0.717, 1.165) is 12.5 Å². The van der Waals surface area contributed by atoms with Gasteiger partial charge in [-0.1, -0.05) is 6.92 Å². The van der Waals surface area contributed by atoms with Gasteiger partial charge in [0.2, 0.25) is 0 Å². The Morgan fingerprint density at radius 3 is 2.45 bits per heavy atom. The second kappa shape index (κ2) is 3.55. The number of hydrogen-bond acceptors (Lipinski definition) is 2. The fourth-order valence-electron chi connectivity index (χ4n) is 1.86. The summed E-state index contributed by atoms with van der Waals surface area (Å²) in [4.78, 5) is 2.47. The Morgan fingerprint density at radius 2 is 2.00 bits per heavy atom. The number of likely N-dealkylation sites (tertiary alicyclic amines) is 1. The van der Waals surface area contributed by atoms with E-state index in [1.807, 2.05) is 0 Å². The quantitative estimate of drug-likeness (QED) is 0.615. The molecule has 1 rings (SSSR count). The van der Waals surface area contributed by atoms with E-state index in [0.29, 0.717) is 12.1 Å². The maximum Gasteiger partial charge on any atom is 0.0170 e. The first-order chi connectivity index (χ1) is 5.09. The summed E-state index contributed by atoms with van der Waals surface area (Å²) in [5.74, 6) is 0.779. The summed E-state index contributed by atoms with van der Waals surface area (Å²) in [6, 6.07) is 1.06. The van der Waals surface area contributed by atoms with Gasteiger partial charge < -0.3 is 5.73 Å². The lowest BCUT2D eigenvalue weighted by atomic mass is 9.96. The molecule has 0 saturated carbocycles. The van der Waals surface area contributed by atoms with Crippen LogP contribution in [0.4, 0.5) is 0 Å². The van der Waals surface area contributed by atoms with Gasteiger partial charge >= 0.3 is 0 Å². The van der Waals surface area contributed by atoms with Crippen LogP contribution in [0.1, 0.15) is 27.2 Å². The zero-order valence-electron chi connectivity index (χ0n) is 7.88. The third kappa shape index (κ3) is 2.46. The van der Waals surface area contributed by atoms with Crippen molar-refractivity contribution in [1.29, 1.82) is 0 Å². The molecule has 0 aromatic carbocycles. The highest BCUT2D eigenvalue weighted by Gasteiger charge is 2.23. The molecular weight excluding hydrogens is 136 g/mol. The van der Waals surface area contributed by atoms with Gasteiger partial charge in [-0.25, -0.2) is 0 Å². The zero-order valence-corrected chi connectivity index (χ0v) is 7.88. The SMILES string of the molecule is CC(C)N1C[C@H](C)C[C@@H](N)C1. The normalized spacial score (nSPS) is 34.6. The Balaban J connectivity index is 2.43. The molecule has 0 aromatic heterocycles. The summed E-state index contributed by atoms with van der Waals surface area (Å²) in [6.07, 6.45) is 1.20. The van der Waals surface area contributed by atoms with Gasteiger partial charge in [0.25, 0.3) is 0 Å². The molecule has 2 heteroatoms. The molecule has 1 aliphatic heterocycles. The molecule has 1 heterocycles. The van der Waals surface area contributed by atoms with E-state index in [2.05, 4.69) is 25.7 Å². The van der Waals surface area contributed by atoms with E-state index >= 15 is 0 Å². The molecule has 0 unspecified atom stereocenters. The largest absolute Gasteiger partial charge is 0.327 e. The van der Waals surface area contributed by atoms with E-state index in [1.165, 1.54) is 13.0 Å². The highest BCUT2D eigenvalue weighted by molar-refractivity contribution is 4.80. The molecule has 2 atom stereocenters. The van der Waals surface area contributed by atoms with E-state index in [4.69, 9.17) is 5.73 Å². The van der Waals surface area contributed by atoms with Crippen LogP contribution >= 0.6 is 0 Å². The first-order valence-electron chi connectivity index (χ1n) is 4.59. The van der Waals surface area contributed by atoms with Crippen molar-refractivity contribution in [2.24, 2.45) is 11.7 Å². The molecule has 0 aliphatic carbocycles. The summed E-state index contributed by atoms with van der Waals surface area (Å²) in [6.45, 7) is 9.08. The predicted molar refractivity (Wildman–Crippen MR) is 48.5 cm³/mol. The summed E-state index contributed by atoms with van der Waals surface area (Å²) in [7, 11) is 0. The van der Waals surface area contributed by atoms with Gasteiger partial charge in [0.05, 0.1) is 0 Å². The fourth-order valence-corrected chi connectivity index (χ4v) is 1.86. The molecule has 0 radical (unpaired) electrons. The van der Waals surface area contributed by atoms with Crippen LogP contribution in [0.5, 0.6) is 0 Å². The minimum atomic E-state index is 0.404. The van der Waals surface area contributed by atoms with E-state index in [1.54, 1.807) is 0 Å². The summed E-state index contributed by atoms with van der Waals surface area (Å²) < 4.78 is 0. The second-order valence-corrected chi connectivity index (χ2v) is 4.15. The van der Waals surface area contributed by atoms with E-state index in [-0.39, 0.29) is 0 Å². The number of rotatable bonds is 1. The van der Waals surface area contributed by atoms with Crippen LogP contribution in [0.2, 0.25) is 0 Å². The van der Waals surface area contributed by atoms with Gasteiger partial charge in [-0.15, -0.1) is 0 Å². The first kappa shape index (κ1) is 9.01. The van der Waals surface area contributed by atoms with Crippen LogP contribution in [0.15, 0.2) is 0 Å². The minimum absolute atomic E-state index is 0.404. The summed E-state index contributed by atoms with van der Waals surface area (Å²) in [5, 5.41) is 0. The molecule has 0 amide bonds. The van der Waals surface area contributed by atoms with Gasteiger partial charge in [0.1, 0.15) is 0 Å². The molecule has 1 fully saturated rings. The van der Waals surface area contributed by atoms with Gasteiger partial charge in [0.15, 0.2) is 0 Å². The lowest BCUT2D eigenvalue weighted by Gasteiger charge is -2.37. The Kier molecular flexibility index (Phi) is 2.90. The average molecular weight is 156 g/mol. The molecule has 1 saturated heterocycles. The van der Waals surface area contributed by atoms with E-state index < -0.39 is 0 Å². The van der Waals surface area contributed by atoms with Gasteiger partial charge in [-0.2, -0.15) is 0 Å². The topological polar surface area (TPSA) is 29.3 Å². The highest BCUT2D eigenvalue weighted by atomic mass is 15.2. The molecule has 0 bridgehead atoms. The maximum atomic E-state index is 5.91. The number of nitrogens with two attached hydrogens (primary N) is 1. The first-order valence-corrected chi connectivity index (χ1v) is 4.59. The number of piperidine rings is 1. The molecule has 2 N–H and O–H groups in total. The third-order valence-corrected chi connectivity index (χ3v) is 2.45. The van der Waals surface area contributed by atoms with Crippen molar-refractivity contribution in [3.63, 3.8) is 0 Å². The summed E-state index contributed by atoms with van der Waals surface area (Å²) >= 11 is 0. The molecule has 2 nitrogen and oxygen atoms in total. The van der Waals surface area contributed by atoms with Crippen molar-refractivity contribution in [2.75, 3.05) is 13.1 Å². The molecule has 11 heavy (non-hydrogen) atoms. The second-order valence-electron chi connectivity index (χ2n) is 4.15. The monoisotopic (exact) mass is 156 g/mol. The number of nitrogens with zero attached hydrogens (tertiary/aromatic N) is 1. The van der Waals surface area contributed by atoms with Crippen molar-refractivity contribution < 1.29 is 0 Å². The number of hydrogen-bond donors (Lipinski definition) is 1. The Hall–Kier alpha value is -0.0800. The van der Waals surface area contributed by atoms with Crippen molar-refractivity contribution in [1.82, 2.24) is 4.90 Å². The van der Waals surface area contributed by atoms with Crippen LogP contribution in [0, 0.1) is 5.92 Å². The lowest BCUT2D eigenvalue weighted by molar-refractivity contribution is 0.132. The Bertz CT molecular complexity index is 113. The Morgan fingerprint density at radius 1 is 1.36 bits per heavy atom. The highest BCUT2D eigenvalue weighted by Crippen LogP contribution is 2.16. The fraction of sp³-hybridized carbons (Fsp3) is 1.00. The van der Waals surface area contributed by atoms with Gasteiger partial charge in [0, 0.05) is 25.2 Å². The molecule has 66 valence electrons. The maximum absolute atomic E-state index is 5.91. The van der Waals surface area contributed by atoms with Crippen LogP contribution in [-0.4, -0.2) is 30.1 Å². The van der Waals surface area contributed by atoms with Crippen LogP contribution < -0.4 is 5.73 Å². The molecular formula is C9H20N2. The predicted octanol–water partition coefficient (Wildman–Crippen LogP) is 1.06. The van der Waals surface area contributed by atoms with Crippen molar-refractivity contribution in [2.45, 2.75) is 39.3 Å². The Labute approximate surface area is 69.8 Å². The minimum Gasteiger partial charge on any atom is -0.327 e. The van der Waals surface area contributed by atoms with Crippen molar-refractivity contribution in [3.05, 3.63) is 0 Å². The van der Waals surface area contributed by atoms with Crippen LogP contribution in [0.3, 0.4) is 0 Å². The standard InChI is InChI=1S/C9H20N2/c1-7(2)11-5-8(3)4-9(10)6-11/h7-9H,4-6,10H2,1-3H3/t8-,9-/m1/s1. The molecule has 0 aromatic rings.